The fourth-order valence-corrected chi connectivity index (χ4v) is 3.49. The zero-order valence-corrected chi connectivity index (χ0v) is 15.2. The molecule has 0 unspecified atom stereocenters. The molecule has 0 fully saturated rings. The molecule has 2 aromatic carbocycles. The summed E-state index contributed by atoms with van der Waals surface area (Å²) in [5.74, 6) is -0.579. The second-order valence-electron chi connectivity index (χ2n) is 5.66. The number of phenols is 1. The number of sulfonamides is 1. The van der Waals surface area contributed by atoms with E-state index in [1.807, 2.05) is 4.72 Å². The van der Waals surface area contributed by atoms with Gasteiger partial charge in [-0.05, 0) is 30.3 Å². The molecule has 0 saturated carbocycles. The third kappa shape index (κ3) is 4.26. The Morgan fingerprint density at radius 3 is 2.70 bits per heavy atom. The van der Waals surface area contributed by atoms with Crippen molar-refractivity contribution in [2.75, 3.05) is 7.11 Å². The molecule has 0 saturated heterocycles. The number of nitrogens with zero attached hydrogens (tertiary/aromatic N) is 2. The topological polar surface area (TPSA) is 111 Å². The number of benzene rings is 2. The molecule has 9 heteroatoms. The van der Waals surface area contributed by atoms with Gasteiger partial charge in [0.25, 0.3) is 15.9 Å². The highest BCUT2D eigenvalue weighted by Gasteiger charge is 2.20. The molecule has 140 valence electrons. The zero-order valence-electron chi connectivity index (χ0n) is 14.4. The van der Waals surface area contributed by atoms with Crippen molar-refractivity contribution in [1.82, 2.24) is 14.5 Å². The molecule has 3 rings (SSSR count). The first kappa shape index (κ1) is 18.5. The molecule has 1 heterocycles. The smallest absolute Gasteiger partial charge is 0.265 e. The number of aromatic hydroxyl groups is 1. The molecule has 1 amide bonds. The van der Waals surface area contributed by atoms with E-state index in [1.165, 1.54) is 37.4 Å². The molecule has 1 aromatic heterocycles. The van der Waals surface area contributed by atoms with Crippen molar-refractivity contribution in [3.63, 3.8) is 0 Å². The quantitative estimate of drug-likeness (QED) is 0.667. The molecule has 0 bridgehead atoms. The summed E-state index contributed by atoms with van der Waals surface area (Å²) in [5.41, 5.74) is 0.911. The lowest BCUT2D eigenvalue weighted by Gasteiger charge is -2.12. The second kappa shape index (κ2) is 7.50. The summed E-state index contributed by atoms with van der Waals surface area (Å²) >= 11 is 0. The lowest BCUT2D eigenvalue weighted by atomic mass is 10.1. The minimum absolute atomic E-state index is 0.125. The monoisotopic (exact) mass is 387 g/mol. The Hall–Kier alpha value is -3.33. The summed E-state index contributed by atoms with van der Waals surface area (Å²) < 4.78 is 33.6. The molecule has 8 nitrogen and oxygen atoms in total. The molecular formula is C18H17N3O5S. The average molecular weight is 387 g/mol. The van der Waals surface area contributed by atoms with Crippen molar-refractivity contribution >= 4 is 15.9 Å². The molecule has 27 heavy (non-hydrogen) atoms. The predicted octanol–water partition coefficient (Wildman–Crippen LogP) is 1.76. The van der Waals surface area contributed by atoms with E-state index < -0.39 is 15.9 Å². The van der Waals surface area contributed by atoms with Gasteiger partial charge < -0.3 is 9.84 Å². The first-order valence-corrected chi connectivity index (χ1v) is 9.38. The Labute approximate surface area is 156 Å². The van der Waals surface area contributed by atoms with Crippen LogP contribution in [0.25, 0.3) is 0 Å². The zero-order chi connectivity index (χ0) is 19.4. The van der Waals surface area contributed by atoms with E-state index in [4.69, 9.17) is 4.74 Å². The number of phenolic OH excluding ortho intramolecular Hbond substituents is 1. The number of nitrogens with one attached hydrogen (secondary N) is 1. The van der Waals surface area contributed by atoms with Crippen LogP contribution in [-0.2, 0) is 16.6 Å². The van der Waals surface area contributed by atoms with Crippen molar-refractivity contribution < 1.29 is 23.1 Å². The Morgan fingerprint density at radius 2 is 2.04 bits per heavy atom. The van der Waals surface area contributed by atoms with Gasteiger partial charge in [-0.15, -0.1) is 0 Å². The van der Waals surface area contributed by atoms with Crippen LogP contribution in [-0.4, -0.2) is 36.3 Å². The highest BCUT2D eigenvalue weighted by atomic mass is 32.2. The van der Waals surface area contributed by atoms with Crippen molar-refractivity contribution in [3.8, 4) is 11.5 Å². The summed E-state index contributed by atoms with van der Waals surface area (Å²) in [6.07, 6.45) is 3.45. The van der Waals surface area contributed by atoms with Gasteiger partial charge in [-0.2, -0.15) is 5.10 Å². The first-order chi connectivity index (χ1) is 12.9. The van der Waals surface area contributed by atoms with Gasteiger partial charge in [0.05, 0.1) is 18.6 Å². The van der Waals surface area contributed by atoms with Gasteiger partial charge in [-0.25, -0.2) is 13.1 Å². The van der Waals surface area contributed by atoms with Gasteiger partial charge in [0.15, 0.2) is 0 Å². The van der Waals surface area contributed by atoms with Gasteiger partial charge >= 0.3 is 0 Å². The first-order valence-electron chi connectivity index (χ1n) is 7.89. The van der Waals surface area contributed by atoms with Crippen LogP contribution in [0.1, 0.15) is 15.9 Å². The van der Waals surface area contributed by atoms with E-state index in [0.717, 1.165) is 11.6 Å². The lowest BCUT2D eigenvalue weighted by Crippen LogP contribution is -2.30. The SMILES string of the molecule is COc1cc(C(=O)NS(=O)(=O)c2cccc(O)c2)ccc1Cn1cccn1. The predicted molar refractivity (Wildman–Crippen MR) is 97.1 cm³/mol. The fraction of sp³-hybridized carbons (Fsp3) is 0.111. The van der Waals surface area contributed by atoms with Crippen molar-refractivity contribution in [2.45, 2.75) is 11.4 Å². The van der Waals surface area contributed by atoms with E-state index in [2.05, 4.69) is 5.10 Å². The highest BCUT2D eigenvalue weighted by molar-refractivity contribution is 7.90. The summed E-state index contributed by atoms with van der Waals surface area (Å²) in [5, 5.41) is 13.5. The van der Waals surface area contributed by atoms with Crippen LogP contribution in [0.2, 0.25) is 0 Å². The van der Waals surface area contributed by atoms with Crippen LogP contribution < -0.4 is 9.46 Å². The maximum absolute atomic E-state index is 12.4. The van der Waals surface area contributed by atoms with Gasteiger partial charge in [0, 0.05) is 29.6 Å². The van der Waals surface area contributed by atoms with Gasteiger partial charge in [-0.1, -0.05) is 12.1 Å². The number of carbonyl (C=O) groups excluding carboxylic acids is 1. The van der Waals surface area contributed by atoms with E-state index in [-0.39, 0.29) is 16.2 Å². The number of hydrogen-bond donors (Lipinski definition) is 2. The van der Waals surface area contributed by atoms with Crippen molar-refractivity contribution in [3.05, 3.63) is 72.1 Å². The molecule has 0 spiro atoms. The standard InChI is InChI=1S/C18H17N3O5S/c1-26-17-10-13(6-7-14(17)12-21-9-3-8-19-21)18(23)20-27(24,25)16-5-2-4-15(22)11-16/h2-11,22H,12H2,1H3,(H,20,23). The number of ether oxygens (including phenoxy) is 1. The summed E-state index contributed by atoms with van der Waals surface area (Å²) in [6, 6.07) is 11.5. The number of amides is 1. The molecule has 0 aliphatic rings. The van der Waals surface area contributed by atoms with Crippen LogP contribution in [0.4, 0.5) is 0 Å². The Morgan fingerprint density at radius 1 is 1.22 bits per heavy atom. The van der Waals surface area contributed by atoms with Gasteiger partial charge in [0.2, 0.25) is 0 Å². The Bertz CT molecular complexity index is 1060. The van der Waals surface area contributed by atoms with E-state index >= 15 is 0 Å². The average Bonchev–Trinajstić information content (AvgIpc) is 3.14. The molecule has 0 aliphatic carbocycles. The van der Waals surface area contributed by atoms with Gasteiger partial charge in [0.1, 0.15) is 11.5 Å². The highest BCUT2D eigenvalue weighted by Crippen LogP contribution is 2.22. The second-order valence-corrected chi connectivity index (χ2v) is 7.34. The number of carbonyl (C=O) groups is 1. The summed E-state index contributed by atoms with van der Waals surface area (Å²) in [4.78, 5) is 12.2. The molecule has 0 radical (unpaired) electrons. The Kier molecular flexibility index (Phi) is 5.13. The van der Waals surface area contributed by atoms with Crippen LogP contribution in [0.15, 0.2) is 65.8 Å². The van der Waals surface area contributed by atoms with Crippen LogP contribution in [0.3, 0.4) is 0 Å². The third-order valence-corrected chi connectivity index (χ3v) is 5.12. The number of rotatable bonds is 6. The Balaban J connectivity index is 1.82. The van der Waals surface area contributed by atoms with Crippen LogP contribution >= 0.6 is 0 Å². The molecule has 3 aromatic rings. The van der Waals surface area contributed by atoms with Gasteiger partial charge in [-0.3, -0.25) is 9.48 Å². The molecule has 2 N–H and O–H groups in total. The van der Waals surface area contributed by atoms with E-state index in [0.29, 0.717) is 12.3 Å². The van der Waals surface area contributed by atoms with Crippen molar-refractivity contribution in [2.24, 2.45) is 0 Å². The van der Waals surface area contributed by atoms with E-state index in [9.17, 15) is 18.3 Å². The summed E-state index contributed by atoms with van der Waals surface area (Å²) in [7, 11) is -2.65. The summed E-state index contributed by atoms with van der Waals surface area (Å²) in [6.45, 7) is 0.444. The van der Waals surface area contributed by atoms with Crippen LogP contribution in [0, 0.1) is 0 Å². The molecule has 0 atom stereocenters. The third-order valence-electron chi connectivity index (χ3n) is 3.80. The minimum atomic E-state index is -4.12. The maximum atomic E-state index is 12.4. The minimum Gasteiger partial charge on any atom is -0.508 e. The number of hydrogen-bond acceptors (Lipinski definition) is 6. The fourth-order valence-electron chi connectivity index (χ4n) is 2.48. The molecule has 0 aliphatic heterocycles. The normalized spacial score (nSPS) is 11.1. The molecular weight excluding hydrogens is 370 g/mol. The number of methoxy groups -OCH3 is 1. The largest absolute Gasteiger partial charge is 0.508 e. The van der Waals surface area contributed by atoms with Crippen LogP contribution in [0.5, 0.6) is 11.5 Å². The van der Waals surface area contributed by atoms with E-state index in [1.54, 1.807) is 29.2 Å². The maximum Gasteiger partial charge on any atom is 0.265 e. The number of aromatic nitrogens is 2. The van der Waals surface area contributed by atoms with Crippen molar-refractivity contribution in [1.29, 1.82) is 0 Å². The lowest BCUT2D eigenvalue weighted by molar-refractivity contribution is 0.0981.